The molecule has 1 unspecified atom stereocenters. The molecule has 6 heteroatoms. The van der Waals surface area contributed by atoms with Crippen molar-refractivity contribution in [3.8, 4) is 0 Å². The molecule has 4 rings (SSSR count). The molecule has 1 atom stereocenters. The van der Waals surface area contributed by atoms with Gasteiger partial charge in [0.25, 0.3) is 0 Å². The second-order valence-corrected chi connectivity index (χ2v) is 6.91. The molecule has 0 saturated heterocycles. The molecular weight excluding hydrogens is 374 g/mol. The Morgan fingerprint density at radius 1 is 0.767 bits per heavy atom. The average Bonchev–Trinajstić information content (AvgIpc) is 2.79. The number of amides is 1. The second kappa shape index (κ2) is 9.05. The number of hydrogen-bond acceptors (Lipinski definition) is 5. The first-order valence-electron chi connectivity index (χ1n) is 9.67. The summed E-state index contributed by atoms with van der Waals surface area (Å²) in [5.74, 6) is 0.0397. The summed E-state index contributed by atoms with van der Waals surface area (Å²) in [5, 5.41) is 2.77. The molecule has 148 valence electrons. The molecule has 0 spiro atoms. The van der Waals surface area contributed by atoms with E-state index in [-0.39, 0.29) is 17.7 Å². The Labute approximate surface area is 175 Å². The molecule has 0 aliphatic rings. The number of carbonyl (C=O) groups is 1. The SMILES string of the molecule is CC(=O)Nc1cccc(C(c2ccccn2)C(c2cccnc2)c2cccnc2)n1. The average molecular weight is 395 g/mol. The van der Waals surface area contributed by atoms with E-state index in [0.29, 0.717) is 5.82 Å². The van der Waals surface area contributed by atoms with Crippen LogP contribution in [-0.2, 0) is 4.79 Å². The van der Waals surface area contributed by atoms with Gasteiger partial charge >= 0.3 is 0 Å². The van der Waals surface area contributed by atoms with Gasteiger partial charge in [-0.1, -0.05) is 24.3 Å². The Balaban J connectivity index is 1.91. The number of rotatable bonds is 6. The van der Waals surface area contributed by atoms with Gasteiger partial charge in [-0.3, -0.25) is 19.7 Å². The molecule has 0 radical (unpaired) electrons. The van der Waals surface area contributed by atoms with Crippen LogP contribution < -0.4 is 5.32 Å². The summed E-state index contributed by atoms with van der Waals surface area (Å²) in [4.78, 5) is 29.6. The highest BCUT2D eigenvalue weighted by molar-refractivity contribution is 5.87. The number of aromatic nitrogens is 4. The highest BCUT2D eigenvalue weighted by Crippen LogP contribution is 2.41. The number of carbonyl (C=O) groups excluding carboxylic acids is 1. The quantitative estimate of drug-likeness (QED) is 0.529. The Kier molecular flexibility index (Phi) is 5.85. The lowest BCUT2D eigenvalue weighted by Crippen LogP contribution is -2.18. The van der Waals surface area contributed by atoms with Gasteiger partial charge in [-0.25, -0.2) is 4.98 Å². The second-order valence-electron chi connectivity index (χ2n) is 6.91. The van der Waals surface area contributed by atoms with Crippen molar-refractivity contribution in [3.63, 3.8) is 0 Å². The van der Waals surface area contributed by atoms with E-state index in [1.165, 1.54) is 6.92 Å². The van der Waals surface area contributed by atoms with E-state index in [9.17, 15) is 4.79 Å². The molecule has 0 aliphatic carbocycles. The van der Waals surface area contributed by atoms with E-state index in [2.05, 4.69) is 32.4 Å². The van der Waals surface area contributed by atoms with Crippen molar-refractivity contribution in [1.29, 1.82) is 0 Å². The predicted molar refractivity (Wildman–Crippen MR) is 115 cm³/mol. The largest absolute Gasteiger partial charge is 0.311 e. The molecular formula is C24H21N5O. The van der Waals surface area contributed by atoms with Crippen molar-refractivity contribution in [3.05, 3.63) is 114 Å². The standard InChI is InChI=1S/C24H21N5O/c1-17(30)28-22-11-4-10-21(29-22)24(20-9-2-3-14-27-20)23(18-7-5-12-25-15-18)19-8-6-13-26-16-19/h2-16,23-24H,1H3,(H,28,29,30). The maximum absolute atomic E-state index is 11.6. The Morgan fingerprint density at radius 3 is 2.03 bits per heavy atom. The summed E-state index contributed by atoms with van der Waals surface area (Å²) in [5.41, 5.74) is 3.75. The minimum atomic E-state index is -0.201. The fourth-order valence-electron chi connectivity index (χ4n) is 3.62. The number of nitrogens with zero attached hydrogens (tertiary/aromatic N) is 4. The fraction of sp³-hybridized carbons (Fsp3) is 0.125. The smallest absolute Gasteiger partial charge is 0.222 e. The van der Waals surface area contributed by atoms with E-state index >= 15 is 0 Å². The number of anilines is 1. The van der Waals surface area contributed by atoms with Gasteiger partial charge in [0, 0.05) is 43.8 Å². The lowest BCUT2D eigenvalue weighted by Gasteiger charge is -2.27. The Bertz CT molecular complexity index is 1060. The van der Waals surface area contributed by atoms with E-state index in [4.69, 9.17) is 4.98 Å². The third-order valence-corrected chi connectivity index (χ3v) is 4.82. The molecule has 4 aromatic rings. The number of pyridine rings is 4. The summed E-state index contributed by atoms with van der Waals surface area (Å²) in [7, 11) is 0. The molecule has 4 aromatic heterocycles. The summed E-state index contributed by atoms with van der Waals surface area (Å²) in [6.45, 7) is 1.47. The normalized spacial score (nSPS) is 11.8. The minimum absolute atomic E-state index is 0.109. The van der Waals surface area contributed by atoms with Gasteiger partial charge in [-0.15, -0.1) is 0 Å². The Morgan fingerprint density at radius 2 is 1.47 bits per heavy atom. The first-order valence-corrected chi connectivity index (χ1v) is 9.67. The van der Waals surface area contributed by atoms with Crippen LogP contribution in [0.2, 0.25) is 0 Å². The van der Waals surface area contributed by atoms with Crippen molar-refractivity contribution in [2.24, 2.45) is 0 Å². The van der Waals surface area contributed by atoms with Crippen LogP contribution in [-0.4, -0.2) is 25.8 Å². The molecule has 30 heavy (non-hydrogen) atoms. The van der Waals surface area contributed by atoms with Crippen molar-refractivity contribution in [2.45, 2.75) is 18.8 Å². The zero-order valence-electron chi connectivity index (χ0n) is 16.5. The van der Waals surface area contributed by atoms with Crippen molar-refractivity contribution >= 4 is 11.7 Å². The summed E-state index contributed by atoms with van der Waals surface area (Å²) < 4.78 is 0. The highest BCUT2D eigenvalue weighted by atomic mass is 16.1. The van der Waals surface area contributed by atoms with Gasteiger partial charge in [-0.2, -0.15) is 0 Å². The van der Waals surface area contributed by atoms with Gasteiger partial charge in [-0.05, 0) is 47.5 Å². The predicted octanol–water partition coefficient (Wildman–Crippen LogP) is 4.19. The monoisotopic (exact) mass is 395 g/mol. The van der Waals surface area contributed by atoms with Gasteiger partial charge in [0.05, 0.1) is 17.3 Å². The number of hydrogen-bond donors (Lipinski definition) is 1. The van der Waals surface area contributed by atoms with Crippen LogP contribution in [0.5, 0.6) is 0 Å². The van der Waals surface area contributed by atoms with Gasteiger partial charge in [0.1, 0.15) is 5.82 Å². The fourth-order valence-corrected chi connectivity index (χ4v) is 3.62. The minimum Gasteiger partial charge on any atom is -0.311 e. The van der Waals surface area contributed by atoms with Crippen LogP contribution in [0.15, 0.2) is 91.6 Å². The maximum Gasteiger partial charge on any atom is 0.222 e. The van der Waals surface area contributed by atoms with E-state index < -0.39 is 0 Å². The van der Waals surface area contributed by atoms with Gasteiger partial charge < -0.3 is 5.32 Å². The van der Waals surface area contributed by atoms with E-state index in [0.717, 1.165) is 22.5 Å². The van der Waals surface area contributed by atoms with Crippen molar-refractivity contribution < 1.29 is 4.79 Å². The number of nitrogens with one attached hydrogen (secondary N) is 1. The van der Waals surface area contributed by atoms with Crippen LogP contribution in [0.25, 0.3) is 0 Å². The van der Waals surface area contributed by atoms with Crippen LogP contribution in [0.3, 0.4) is 0 Å². The zero-order chi connectivity index (χ0) is 20.8. The Hall–Kier alpha value is -3.93. The van der Waals surface area contributed by atoms with E-state index in [1.807, 2.05) is 54.9 Å². The van der Waals surface area contributed by atoms with Crippen LogP contribution >= 0.6 is 0 Å². The lowest BCUT2D eigenvalue weighted by atomic mass is 9.78. The first-order chi connectivity index (χ1) is 14.7. The van der Waals surface area contributed by atoms with E-state index in [1.54, 1.807) is 24.7 Å². The lowest BCUT2D eigenvalue weighted by molar-refractivity contribution is -0.114. The summed E-state index contributed by atoms with van der Waals surface area (Å²) in [6, 6.07) is 19.5. The summed E-state index contributed by atoms with van der Waals surface area (Å²) in [6.07, 6.45) is 9.03. The highest BCUT2D eigenvalue weighted by Gasteiger charge is 2.30. The molecule has 0 saturated carbocycles. The maximum atomic E-state index is 11.6. The zero-order valence-corrected chi connectivity index (χ0v) is 16.5. The van der Waals surface area contributed by atoms with Crippen LogP contribution in [0.4, 0.5) is 5.82 Å². The van der Waals surface area contributed by atoms with Crippen LogP contribution in [0.1, 0.15) is 41.3 Å². The molecule has 1 amide bonds. The van der Waals surface area contributed by atoms with Crippen LogP contribution in [0, 0.1) is 0 Å². The third kappa shape index (κ3) is 4.38. The molecule has 0 bridgehead atoms. The first kappa shape index (κ1) is 19.4. The molecule has 4 heterocycles. The molecule has 0 aromatic carbocycles. The van der Waals surface area contributed by atoms with Gasteiger partial charge in [0.15, 0.2) is 0 Å². The molecule has 6 nitrogen and oxygen atoms in total. The summed E-state index contributed by atoms with van der Waals surface area (Å²) >= 11 is 0. The van der Waals surface area contributed by atoms with Gasteiger partial charge in [0.2, 0.25) is 5.91 Å². The third-order valence-electron chi connectivity index (χ3n) is 4.82. The van der Waals surface area contributed by atoms with Crippen molar-refractivity contribution in [1.82, 2.24) is 19.9 Å². The molecule has 0 aliphatic heterocycles. The molecule has 0 fully saturated rings. The topological polar surface area (TPSA) is 80.7 Å². The molecule has 1 N–H and O–H groups in total. The van der Waals surface area contributed by atoms with Crippen molar-refractivity contribution in [2.75, 3.05) is 5.32 Å².